The number of halogens is 3. The normalized spacial score (nSPS) is 13.6. The van der Waals surface area contributed by atoms with Gasteiger partial charge in [-0.05, 0) is 31.5 Å². The quantitative estimate of drug-likeness (QED) is 0.722. The third-order valence-corrected chi connectivity index (χ3v) is 4.42. The van der Waals surface area contributed by atoms with Crippen molar-refractivity contribution in [1.29, 1.82) is 0 Å². The Balaban J connectivity index is 1.91. The molecule has 1 aromatic heterocycles. The summed E-state index contributed by atoms with van der Waals surface area (Å²) < 4.78 is 41.9. The molecule has 6 heteroatoms. The molecule has 4 rings (SSSR count). The second-order valence-electron chi connectivity index (χ2n) is 6.14. The molecule has 0 saturated heterocycles. The molecule has 2 heterocycles. The van der Waals surface area contributed by atoms with E-state index in [1.54, 1.807) is 10.7 Å². The highest BCUT2D eigenvalue weighted by atomic mass is 19.4. The number of rotatable bonds is 2. The predicted octanol–water partition coefficient (Wildman–Crippen LogP) is 4.83. The molecule has 0 saturated carbocycles. The van der Waals surface area contributed by atoms with Crippen molar-refractivity contribution in [2.75, 3.05) is 11.9 Å². The molecule has 3 aromatic rings. The lowest BCUT2D eigenvalue weighted by molar-refractivity contribution is -0.137. The number of nitrogens with zero attached hydrogens (tertiary/aromatic N) is 2. The van der Waals surface area contributed by atoms with Gasteiger partial charge in [-0.25, -0.2) is 4.68 Å². The van der Waals surface area contributed by atoms with E-state index in [9.17, 15) is 13.2 Å². The van der Waals surface area contributed by atoms with Crippen molar-refractivity contribution in [3.8, 4) is 16.9 Å². The number of alkyl halides is 3. The van der Waals surface area contributed by atoms with Gasteiger partial charge in [-0.1, -0.05) is 35.9 Å². The number of aromatic nitrogens is 2. The summed E-state index contributed by atoms with van der Waals surface area (Å²) in [4.78, 5) is 0. The molecule has 128 valence electrons. The molecule has 0 spiro atoms. The maximum absolute atomic E-state index is 13.4. The first kappa shape index (κ1) is 15.7. The first-order valence-electron chi connectivity index (χ1n) is 8.04. The highest BCUT2D eigenvalue weighted by molar-refractivity contribution is 5.75. The van der Waals surface area contributed by atoms with Gasteiger partial charge in [-0.2, -0.15) is 18.3 Å². The number of benzene rings is 2. The Morgan fingerprint density at radius 3 is 2.48 bits per heavy atom. The number of nitrogens with one attached hydrogen (secondary N) is 1. The molecule has 0 bridgehead atoms. The van der Waals surface area contributed by atoms with Gasteiger partial charge in [-0.15, -0.1) is 0 Å². The summed E-state index contributed by atoms with van der Waals surface area (Å²) in [6, 6.07) is 13.4. The van der Waals surface area contributed by atoms with Gasteiger partial charge >= 0.3 is 6.18 Å². The van der Waals surface area contributed by atoms with E-state index in [0.29, 0.717) is 18.7 Å². The number of fused-ring (bicyclic) bond motifs is 1. The van der Waals surface area contributed by atoms with Gasteiger partial charge in [0.25, 0.3) is 0 Å². The van der Waals surface area contributed by atoms with Gasteiger partial charge in [0.05, 0.1) is 16.9 Å². The van der Waals surface area contributed by atoms with Crippen molar-refractivity contribution in [1.82, 2.24) is 9.78 Å². The van der Waals surface area contributed by atoms with Gasteiger partial charge in [-0.3, -0.25) is 0 Å². The Kier molecular flexibility index (Phi) is 3.56. The van der Waals surface area contributed by atoms with Crippen LogP contribution in [0.25, 0.3) is 16.9 Å². The van der Waals surface area contributed by atoms with E-state index in [1.165, 1.54) is 12.1 Å². The SMILES string of the molecule is Cc1ccc(-n2nc(-c3ccccc3C(F)(F)F)c3c2NCC3)cc1. The lowest BCUT2D eigenvalue weighted by Gasteiger charge is -2.11. The van der Waals surface area contributed by atoms with Crippen LogP contribution in [0.2, 0.25) is 0 Å². The Bertz CT molecular complexity index is 924. The third-order valence-electron chi connectivity index (χ3n) is 4.42. The summed E-state index contributed by atoms with van der Waals surface area (Å²) in [6.07, 6.45) is -3.76. The van der Waals surface area contributed by atoms with Crippen molar-refractivity contribution in [2.45, 2.75) is 19.5 Å². The van der Waals surface area contributed by atoms with E-state index < -0.39 is 11.7 Å². The smallest absolute Gasteiger partial charge is 0.369 e. The van der Waals surface area contributed by atoms with Crippen molar-refractivity contribution in [3.63, 3.8) is 0 Å². The highest BCUT2D eigenvalue weighted by Gasteiger charge is 2.35. The molecule has 25 heavy (non-hydrogen) atoms. The van der Waals surface area contributed by atoms with Crippen LogP contribution in [0, 0.1) is 6.92 Å². The van der Waals surface area contributed by atoms with Crippen LogP contribution >= 0.6 is 0 Å². The topological polar surface area (TPSA) is 29.9 Å². The average Bonchev–Trinajstić information content (AvgIpc) is 3.17. The molecule has 3 nitrogen and oxygen atoms in total. The van der Waals surface area contributed by atoms with Crippen molar-refractivity contribution >= 4 is 5.82 Å². The van der Waals surface area contributed by atoms with Crippen LogP contribution < -0.4 is 5.32 Å². The number of anilines is 1. The summed E-state index contributed by atoms with van der Waals surface area (Å²) in [7, 11) is 0. The van der Waals surface area contributed by atoms with Gasteiger partial charge in [0.15, 0.2) is 0 Å². The van der Waals surface area contributed by atoms with E-state index in [4.69, 9.17) is 0 Å². The molecule has 0 atom stereocenters. The highest BCUT2D eigenvalue weighted by Crippen LogP contribution is 2.41. The Hall–Kier alpha value is -2.76. The third kappa shape index (κ3) is 2.67. The summed E-state index contributed by atoms with van der Waals surface area (Å²) in [5, 5.41) is 7.78. The first-order valence-corrected chi connectivity index (χ1v) is 8.04. The molecule has 1 aliphatic rings. The minimum atomic E-state index is -4.41. The number of hydrogen-bond donors (Lipinski definition) is 1. The zero-order valence-electron chi connectivity index (χ0n) is 13.6. The second-order valence-corrected chi connectivity index (χ2v) is 6.14. The van der Waals surface area contributed by atoms with Gasteiger partial charge in [0, 0.05) is 17.7 Å². The zero-order chi connectivity index (χ0) is 17.6. The lowest BCUT2D eigenvalue weighted by Crippen LogP contribution is -2.08. The molecule has 0 unspecified atom stereocenters. The number of aryl methyl sites for hydroxylation is 1. The van der Waals surface area contributed by atoms with E-state index in [1.807, 2.05) is 31.2 Å². The lowest BCUT2D eigenvalue weighted by atomic mass is 10.0. The Labute approximate surface area is 143 Å². The Morgan fingerprint density at radius 1 is 1.04 bits per heavy atom. The fourth-order valence-corrected chi connectivity index (χ4v) is 3.20. The molecular formula is C19H16F3N3. The fourth-order valence-electron chi connectivity index (χ4n) is 3.20. The van der Waals surface area contributed by atoms with Crippen molar-refractivity contribution in [3.05, 3.63) is 65.2 Å². The summed E-state index contributed by atoms with van der Waals surface area (Å²) >= 11 is 0. The maximum Gasteiger partial charge on any atom is 0.417 e. The molecule has 0 fully saturated rings. The number of hydrogen-bond acceptors (Lipinski definition) is 2. The van der Waals surface area contributed by atoms with Crippen molar-refractivity contribution in [2.24, 2.45) is 0 Å². The molecule has 0 radical (unpaired) electrons. The van der Waals surface area contributed by atoms with E-state index in [2.05, 4.69) is 10.4 Å². The second kappa shape index (κ2) is 5.65. The zero-order valence-corrected chi connectivity index (χ0v) is 13.6. The standard InChI is InChI=1S/C19H16F3N3/c1-12-6-8-13(9-7-12)25-18-15(10-11-23-18)17(24-25)14-4-2-3-5-16(14)19(20,21)22/h2-9,23H,10-11H2,1H3. The van der Waals surface area contributed by atoms with Crippen LogP contribution in [-0.4, -0.2) is 16.3 Å². The maximum atomic E-state index is 13.4. The van der Waals surface area contributed by atoms with Crippen LogP contribution in [-0.2, 0) is 12.6 Å². The van der Waals surface area contributed by atoms with Crippen molar-refractivity contribution < 1.29 is 13.2 Å². The minimum Gasteiger partial charge on any atom is -0.369 e. The molecule has 1 N–H and O–H groups in total. The van der Waals surface area contributed by atoms with Crippen LogP contribution in [0.4, 0.5) is 19.0 Å². The van der Waals surface area contributed by atoms with E-state index in [0.717, 1.165) is 28.7 Å². The monoisotopic (exact) mass is 343 g/mol. The molecule has 1 aliphatic heterocycles. The van der Waals surface area contributed by atoms with Crippen LogP contribution in [0.15, 0.2) is 48.5 Å². The minimum absolute atomic E-state index is 0.126. The summed E-state index contributed by atoms with van der Waals surface area (Å²) in [5.74, 6) is 0.774. The molecule has 0 amide bonds. The molecule has 0 aliphatic carbocycles. The largest absolute Gasteiger partial charge is 0.417 e. The Morgan fingerprint density at radius 2 is 1.76 bits per heavy atom. The fraction of sp³-hybridized carbons (Fsp3) is 0.211. The first-order chi connectivity index (χ1) is 11.9. The van der Waals surface area contributed by atoms with Gasteiger partial charge in [0.1, 0.15) is 5.82 Å². The van der Waals surface area contributed by atoms with E-state index >= 15 is 0 Å². The van der Waals surface area contributed by atoms with E-state index in [-0.39, 0.29) is 5.56 Å². The summed E-state index contributed by atoms with van der Waals surface area (Å²) in [6.45, 7) is 2.68. The van der Waals surface area contributed by atoms with Gasteiger partial charge < -0.3 is 5.32 Å². The average molecular weight is 343 g/mol. The molecular weight excluding hydrogens is 327 g/mol. The van der Waals surface area contributed by atoms with Crippen LogP contribution in [0.3, 0.4) is 0 Å². The summed E-state index contributed by atoms with van der Waals surface area (Å²) in [5.41, 5.74) is 2.64. The predicted molar refractivity (Wildman–Crippen MR) is 90.9 cm³/mol. The molecule has 2 aromatic carbocycles. The van der Waals surface area contributed by atoms with Gasteiger partial charge in [0.2, 0.25) is 0 Å². The van der Waals surface area contributed by atoms with Crippen LogP contribution in [0.1, 0.15) is 16.7 Å². The van der Waals surface area contributed by atoms with Crippen LogP contribution in [0.5, 0.6) is 0 Å².